The van der Waals surface area contributed by atoms with Crippen LogP contribution in [0.1, 0.15) is 25.0 Å². The van der Waals surface area contributed by atoms with E-state index in [1.165, 1.54) is 71.9 Å². The number of aromatic nitrogens is 1. The quantitative estimate of drug-likeness (QED) is 0.157. The van der Waals surface area contributed by atoms with Crippen LogP contribution in [0.5, 0.6) is 0 Å². The molecule has 1 heterocycles. The minimum absolute atomic E-state index is 0.173. The van der Waals surface area contributed by atoms with Gasteiger partial charge in [0.25, 0.3) is 0 Å². The van der Waals surface area contributed by atoms with Crippen LogP contribution in [-0.4, -0.2) is 4.57 Å². The molecule has 9 aromatic carbocycles. The van der Waals surface area contributed by atoms with Crippen molar-refractivity contribution in [1.29, 1.82) is 0 Å². The molecule has 1 aliphatic rings. The molecule has 1 aromatic heterocycles. The Hall–Kier alpha value is -7.42. The van der Waals surface area contributed by atoms with E-state index in [2.05, 4.69) is 242 Å². The van der Waals surface area contributed by atoms with Crippen LogP contribution in [0, 0.1) is 0 Å². The third kappa shape index (κ3) is 5.56. The van der Waals surface area contributed by atoms with Crippen LogP contribution in [-0.2, 0) is 5.41 Å². The normalized spacial score (nSPS) is 12.7. The molecular weight excluding hydrogens is 713 g/mol. The monoisotopic (exact) mass is 754 g/mol. The van der Waals surface area contributed by atoms with Gasteiger partial charge in [-0.2, -0.15) is 0 Å². The lowest BCUT2D eigenvalue weighted by Gasteiger charge is -2.32. The maximum Gasteiger partial charge on any atom is 0.0782 e. The minimum atomic E-state index is -0.173. The molecule has 0 fully saturated rings. The van der Waals surface area contributed by atoms with Crippen molar-refractivity contribution in [2.75, 3.05) is 4.90 Å². The number of benzene rings is 9. The van der Waals surface area contributed by atoms with E-state index in [4.69, 9.17) is 0 Å². The Kier molecular flexibility index (Phi) is 8.20. The molecule has 0 bridgehead atoms. The van der Waals surface area contributed by atoms with Crippen molar-refractivity contribution in [2.24, 2.45) is 0 Å². The van der Waals surface area contributed by atoms with Crippen LogP contribution in [0.15, 0.2) is 218 Å². The highest BCUT2D eigenvalue weighted by atomic mass is 15.2. The summed E-state index contributed by atoms with van der Waals surface area (Å²) < 4.78 is 2.46. The Bertz CT molecular complexity index is 3170. The number of anilines is 3. The van der Waals surface area contributed by atoms with Gasteiger partial charge < -0.3 is 9.47 Å². The Morgan fingerprint density at radius 3 is 1.69 bits per heavy atom. The number of hydrogen-bond donors (Lipinski definition) is 0. The average molecular weight is 755 g/mol. The molecule has 2 nitrogen and oxygen atoms in total. The first kappa shape index (κ1) is 34.8. The van der Waals surface area contributed by atoms with E-state index in [0.29, 0.717) is 0 Å². The summed E-state index contributed by atoms with van der Waals surface area (Å²) in [6.45, 7) is 4.74. The summed E-state index contributed by atoms with van der Waals surface area (Å²) in [5.41, 5.74) is 19.1. The van der Waals surface area contributed by atoms with E-state index in [0.717, 1.165) is 28.3 Å². The molecule has 11 rings (SSSR count). The molecule has 0 N–H and O–H groups in total. The summed E-state index contributed by atoms with van der Waals surface area (Å²) in [6.07, 6.45) is 0. The smallest absolute Gasteiger partial charge is 0.0782 e. The van der Waals surface area contributed by atoms with Crippen molar-refractivity contribution in [3.8, 4) is 50.2 Å². The number of rotatable bonds is 7. The molecule has 0 aliphatic heterocycles. The number of fused-ring (bicyclic) bond motifs is 6. The molecule has 59 heavy (non-hydrogen) atoms. The van der Waals surface area contributed by atoms with Crippen molar-refractivity contribution in [1.82, 2.24) is 4.57 Å². The van der Waals surface area contributed by atoms with Crippen LogP contribution in [0.4, 0.5) is 17.1 Å². The van der Waals surface area contributed by atoms with Crippen LogP contribution in [0.3, 0.4) is 0 Å². The third-order valence-corrected chi connectivity index (χ3v) is 12.4. The van der Waals surface area contributed by atoms with Gasteiger partial charge in [0.05, 0.1) is 22.4 Å². The van der Waals surface area contributed by atoms with E-state index in [9.17, 15) is 0 Å². The summed E-state index contributed by atoms with van der Waals surface area (Å²) in [6, 6.07) is 80.0. The number of para-hydroxylation sites is 3. The SMILES string of the molecule is CC1(C)c2ccccc2-c2ccc(N(c3cccc(-c4ccccc4)c3-c3ccccc3-c3ccccc3)c3cccc4c5ccccc5n(-c5ccccc5)c34)cc21. The molecule has 0 saturated heterocycles. The largest absolute Gasteiger partial charge is 0.308 e. The first-order chi connectivity index (χ1) is 29.1. The van der Waals surface area contributed by atoms with Gasteiger partial charge in [0.15, 0.2) is 0 Å². The molecule has 0 atom stereocenters. The zero-order valence-corrected chi connectivity index (χ0v) is 33.2. The van der Waals surface area contributed by atoms with Gasteiger partial charge in [0, 0.05) is 33.1 Å². The summed E-state index contributed by atoms with van der Waals surface area (Å²) in [5, 5.41) is 2.44. The van der Waals surface area contributed by atoms with Crippen LogP contribution in [0.2, 0.25) is 0 Å². The molecule has 1 aliphatic carbocycles. The van der Waals surface area contributed by atoms with Gasteiger partial charge in [-0.15, -0.1) is 0 Å². The number of hydrogen-bond acceptors (Lipinski definition) is 1. The second kappa shape index (κ2) is 13.9. The molecule has 0 amide bonds. The molecule has 0 radical (unpaired) electrons. The maximum absolute atomic E-state index is 2.55. The van der Waals surface area contributed by atoms with Crippen LogP contribution < -0.4 is 4.90 Å². The Labute approximate surface area is 345 Å². The predicted molar refractivity (Wildman–Crippen MR) is 249 cm³/mol. The molecule has 10 aromatic rings. The van der Waals surface area contributed by atoms with Gasteiger partial charge in [-0.25, -0.2) is 0 Å². The average Bonchev–Trinajstić information content (AvgIpc) is 3.76. The predicted octanol–water partition coefficient (Wildman–Crippen LogP) is 15.6. The van der Waals surface area contributed by atoms with E-state index >= 15 is 0 Å². The summed E-state index contributed by atoms with van der Waals surface area (Å²) in [7, 11) is 0. The van der Waals surface area contributed by atoms with Gasteiger partial charge in [-0.3, -0.25) is 0 Å². The van der Waals surface area contributed by atoms with Crippen LogP contribution >= 0.6 is 0 Å². The van der Waals surface area contributed by atoms with Crippen molar-refractivity contribution >= 4 is 38.9 Å². The summed E-state index contributed by atoms with van der Waals surface area (Å²) in [4.78, 5) is 2.55. The van der Waals surface area contributed by atoms with Crippen molar-refractivity contribution in [3.63, 3.8) is 0 Å². The fraction of sp³-hybridized carbons (Fsp3) is 0.0526. The fourth-order valence-electron chi connectivity index (χ4n) is 9.70. The van der Waals surface area contributed by atoms with Gasteiger partial charge in [0.2, 0.25) is 0 Å². The van der Waals surface area contributed by atoms with E-state index < -0.39 is 0 Å². The minimum Gasteiger partial charge on any atom is -0.308 e. The Morgan fingerprint density at radius 1 is 0.390 bits per heavy atom. The lowest BCUT2D eigenvalue weighted by atomic mass is 9.82. The Morgan fingerprint density at radius 2 is 0.932 bits per heavy atom. The summed E-state index contributed by atoms with van der Waals surface area (Å²) in [5.74, 6) is 0. The molecular formula is C57H42N2. The standard InChI is InChI=1S/C57H42N2/c1-57(2)50-32-16-14-27-45(50)46-37-36-42(38-51(46)57)58(54-35-19-31-49-47-28-15-17-33-52(47)59(56(49)54)41-24-10-5-11-25-41)53-34-18-30-44(40-22-8-4-9-23-40)55(53)48-29-13-12-26-43(48)39-20-6-3-7-21-39/h3-38H,1-2H3. The maximum atomic E-state index is 2.55. The van der Waals surface area contributed by atoms with Crippen LogP contribution in [0.25, 0.3) is 72.0 Å². The Balaban J connectivity index is 1.28. The van der Waals surface area contributed by atoms with Crippen molar-refractivity contribution < 1.29 is 0 Å². The molecule has 2 heteroatoms. The zero-order valence-electron chi connectivity index (χ0n) is 33.2. The molecule has 0 unspecified atom stereocenters. The third-order valence-electron chi connectivity index (χ3n) is 12.4. The van der Waals surface area contributed by atoms with E-state index in [1.54, 1.807) is 0 Å². The second-order valence-electron chi connectivity index (χ2n) is 16.1. The first-order valence-electron chi connectivity index (χ1n) is 20.5. The van der Waals surface area contributed by atoms with Crippen molar-refractivity contribution in [3.05, 3.63) is 230 Å². The highest BCUT2D eigenvalue weighted by Gasteiger charge is 2.36. The fourth-order valence-corrected chi connectivity index (χ4v) is 9.70. The summed E-state index contributed by atoms with van der Waals surface area (Å²) >= 11 is 0. The number of nitrogens with zero attached hydrogens (tertiary/aromatic N) is 2. The molecule has 0 saturated carbocycles. The van der Waals surface area contributed by atoms with Crippen molar-refractivity contribution in [2.45, 2.75) is 19.3 Å². The van der Waals surface area contributed by atoms with Gasteiger partial charge in [0.1, 0.15) is 0 Å². The second-order valence-corrected chi connectivity index (χ2v) is 16.1. The van der Waals surface area contributed by atoms with Gasteiger partial charge in [-0.05, 0) is 92.5 Å². The van der Waals surface area contributed by atoms with Gasteiger partial charge >= 0.3 is 0 Å². The highest BCUT2D eigenvalue weighted by molar-refractivity contribution is 6.15. The lowest BCUT2D eigenvalue weighted by Crippen LogP contribution is -2.17. The topological polar surface area (TPSA) is 8.17 Å². The molecule has 280 valence electrons. The zero-order chi connectivity index (χ0) is 39.5. The molecule has 0 spiro atoms. The highest BCUT2D eigenvalue weighted by Crippen LogP contribution is 2.54. The van der Waals surface area contributed by atoms with E-state index in [-0.39, 0.29) is 5.41 Å². The van der Waals surface area contributed by atoms with E-state index in [1.807, 2.05) is 0 Å². The lowest BCUT2D eigenvalue weighted by molar-refractivity contribution is 0.660. The van der Waals surface area contributed by atoms with Gasteiger partial charge in [-0.1, -0.05) is 190 Å². The first-order valence-corrected chi connectivity index (χ1v) is 20.5.